The van der Waals surface area contributed by atoms with Crippen molar-refractivity contribution in [3.63, 3.8) is 0 Å². The second-order valence-electron chi connectivity index (χ2n) is 6.73. The number of unbranched alkanes of at least 4 members (excludes halogenated alkanes) is 12. The van der Waals surface area contributed by atoms with Crippen LogP contribution in [0.2, 0.25) is 0 Å². The van der Waals surface area contributed by atoms with Crippen molar-refractivity contribution in [1.29, 1.82) is 0 Å². The molecule has 0 aliphatic rings. The monoisotopic (exact) mass is 354 g/mol. The molecule has 0 amide bonds. The predicted molar refractivity (Wildman–Crippen MR) is 103 cm³/mol. The minimum Gasteiger partial charge on any atom is -0.481 e. The SMILES string of the molecule is CCCCCCCCC=CCCCCCCCCOC(=O)CC(=O)O. The number of rotatable bonds is 18. The van der Waals surface area contributed by atoms with Crippen molar-refractivity contribution in [2.75, 3.05) is 6.61 Å². The minimum absolute atomic E-state index is 0.341. The zero-order valence-electron chi connectivity index (χ0n) is 16.1. The first-order valence-electron chi connectivity index (χ1n) is 10.2. The summed E-state index contributed by atoms with van der Waals surface area (Å²) in [6, 6.07) is 0. The molecule has 0 aliphatic carbocycles. The molecule has 0 saturated carbocycles. The highest BCUT2D eigenvalue weighted by Crippen LogP contribution is 2.10. The van der Waals surface area contributed by atoms with E-state index in [1.54, 1.807) is 0 Å². The van der Waals surface area contributed by atoms with Crippen LogP contribution in [0.1, 0.15) is 103 Å². The fourth-order valence-corrected chi connectivity index (χ4v) is 2.71. The van der Waals surface area contributed by atoms with E-state index in [0.29, 0.717) is 6.61 Å². The molecular formula is C21H38O4. The van der Waals surface area contributed by atoms with Crippen LogP contribution in [-0.2, 0) is 14.3 Å². The van der Waals surface area contributed by atoms with Gasteiger partial charge in [0.05, 0.1) is 6.61 Å². The third-order valence-electron chi connectivity index (χ3n) is 4.21. The lowest BCUT2D eigenvalue weighted by Crippen LogP contribution is -2.11. The normalized spacial score (nSPS) is 11.1. The molecule has 0 spiro atoms. The van der Waals surface area contributed by atoms with E-state index in [1.807, 2.05) is 0 Å². The van der Waals surface area contributed by atoms with Crippen LogP contribution in [0, 0.1) is 0 Å². The first kappa shape index (κ1) is 23.7. The van der Waals surface area contributed by atoms with Gasteiger partial charge in [-0.15, -0.1) is 0 Å². The largest absolute Gasteiger partial charge is 0.481 e. The van der Waals surface area contributed by atoms with Gasteiger partial charge < -0.3 is 9.84 Å². The highest BCUT2D eigenvalue weighted by Gasteiger charge is 2.07. The third-order valence-corrected chi connectivity index (χ3v) is 4.21. The Hall–Kier alpha value is -1.32. The third kappa shape index (κ3) is 20.6. The summed E-state index contributed by atoms with van der Waals surface area (Å²) in [4.78, 5) is 21.3. The van der Waals surface area contributed by atoms with E-state index in [1.165, 1.54) is 70.6 Å². The standard InChI is InChI=1S/C21H38O4/c1-2-3-4-5-6-7-8-9-10-11-12-13-14-15-16-17-18-25-21(24)19-20(22)23/h9-10H,2-8,11-19H2,1H3,(H,22,23). The van der Waals surface area contributed by atoms with Crippen LogP contribution < -0.4 is 0 Å². The number of hydrogen-bond acceptors (Lipinski definition) is 3. The van der Waals surface area contributed by atoms with Crippen LogP contribution in [0.25, 0.3) is 0 Å². The fourth-order valence-electron chi connectivity index (χ4n) is 2.71. The maximum Gasteiger partial charge on any atom is 0.317 e. The van der Waals surface area contributed by atoms with Crippen molar-refractivity contribution in [2.24, 2.45) is 0 Å². The number of esters is 1. The molecule has 4 nitrogen and oxygen atoms in total. The second-order valence-corrected chi connectivity index (χ2v) is 6.73. The Labute approximate surface area is 154 Å². The first-order valence-corrected chi connectivity index (χ1v) is 10.2. The van der Waals surface area contributed by atoms with Gasteiger partial charge in [0.2, 0.25) is 0 Å². The molecule has 0 aromatic rings. The molecule has 0 fully saturated rings. The summed E-state index contributed by atoms with van der Waals surface area (Å²) in [6.45, 7) is 2.59. The Bertz CT molecular complexity index is 350. The van der Waals surface area contributed by atoms with E-state index >= 15 is 0 Å². The minimum atomic E-state index is -1.13. The van der Waals surface area contributed by atoms with Gasteiger partial charge in [-0.3, -0.25) is 9.59 Å². The van der Waals surface area contributed by atoms with Gasteiger partial charge in [-0.1, -0.05) is 76.9 Å². The Morgan fingerprint density at radius 2 is 1.24 bits per heavy atom. The van der Waals surface area contributed by atoms with E-state index in [0.717, 1.165) is 19.3 Å². The van der Waals surface area contributed by atoms with Crippen molar-refractivity contribution in [2.45, 2.75) is 103 Å². The van der Waals surface area contributed by atoms with Gasteiger partial charge in [0.1, 0.15) is 6.42 Å². The number of aliphatic carboxylic acids is 1. The fraction of sp³-hybridized carbons (Fsp3) is 0.810. The quantitative estimate of drug-likeness (QED) is 0.141. The van der Waals surface area contributed by atoms with Crippen molar-refractivity contribution >= 4 is 11.9 Å². The zero-order valence-corrected chi connectivity index (χ0v) is 16.1. The first-order chi connectivity index (χ1) is 12.2. The molecule has 0 aromatic heterocycles. The van der Waals surface area contributed by atoms with Crippen LogP contribution >= 0.6 is 0 Å². The number of carbonyl (C=O) groups is 2. The summed E-state index contributed by atoms with van der Waals surface area (Å²) in [7, 11) is 0. The van der Waals surface area contributed by atoms with Crippen molar-refractivity contribution in [3.8, 4) is 0 Å². The molecule has 146 valence electrons. The summed E-state index contributed by atoms with van der Waals surface area (Å²) in [6.07, 6.45) is 21.5. The van der Waals surface area contributed by atoms with Gasteiger partial charge in [-0.25, -0.2) is 0 Å². The molecule has 0 unspecified atom stereocenters. The molecule has 1 N–H and O–H groups in total. The molecule has 0 aliphatic heterocycles. The summed E-state index contributed by atoms with van der Waals surface area (Å²) >= 11 is 0. The van der Waals surface area contributed by atoms with Crippen molar-refractivity contribution in [1.82, 2.24) is 0 Å². The smallest absolute Gasteiger partial charge is 0.317 e. The van der Waals surface area contributed by atoms with Crippen LogP contribution in [0.3, 0.4) is 0 Å². The molecule has 0 bridgehead atoms. The highest BCUT2D eigenvalue weighted by atomic mass is 16.5. The lowest BCUT2D eigenvalue weighted by Gasteiger charge is -2.03. The Morgan fingerprint density at radius 3 is 1.76 bits per heavy atom. The zero-order chi connectivity index (χ0) is 18.6. The maximum atomic E-state index is 11.0. The summed E-state index contributed by atoms with van der Waals surface area (Å²) in [5, 5.41) is 8.42. The van der Waals surface area contributed by atoms with Gasteiger partial charge in [0, 0.05) is 0 Å². The molecule has 0 heterocycles. The lowest BCUT2D eigenvalue weighted by molar-refractivity contribution is -0.151. The average molecular weight is 355 g/mol. The highest BCUT2D eigenvalue weighted by molar-refractivity contribution is 5.90. The van der Waals surface area contributed by atoms with Gasteiger partial charge in [-0.05, 0) is 32.1 Å². The molecule has 0 rings (SSSR count). The Balaban J connectivity index is 3.17. The number of ether oxygens (including phenoxy) is 1. The van der Waals surface area contributed by atoms with E-state index in [4.69, 9.17) is 9.84 Å². The number of carbonyl (C=O) groups excluding carboxylic acids is 1. The second kappa shape index (κ2) is 19.0. The number of hydrogen-bond donors (Lipinski definition) is 1. The van der Waals surface area contributed by atoms with Crippen LogP contribution in [0.4, 0.5) is 0 Å². The molecule has 25 heavy (non-hydrogen) atoms. The predicted octanol–water partition coefficient (Wildman–Crippen LogP) is 6.04. The Kier molecular flexibility index (Phi) is 18.0. The van der Waals surface area contributed by atoms with Gasteiger partial charge in [-0.2, -0.15) is 0 Å². The van der Waals surface area contributed by atoms with Gasteiger partial charge >= 0.3 is 11.9 Å². The summed E-state index contributed by atoms with van der Waals surface area (Å²) in [5.74, 6) is -1.77. The summed E-state index contributed by atoms with van der Waals surface area (Å²) in [5.41, 5.74) is 0. The molecule has 0 atom stereocenters. The van der Waals surface area contributed by atoms with Crippen LogP contribution in [0.5, 0.6) is 0 Å². The van der Waals surface area contributed by atoms with Crippen molar-refractivity contribution < 1.29 is 19.4 Å². The van der Waals surface area contributed by atoms with E-state index in [2.05, 4.69) is 19.1 Å². The molecule has 4 heteroatoms. The van der Waals surface area contributed by atoms with Crippen molar-refractivity contribution in [3.05, 3.63) is 12.2 Å². The Morgan fingerprint density at radius 1 is 0.760 bits per heavy atom. The topological polar surface area (TPSA) is 63.6 Å². The molecule has 0 radical (unpaired) electrons. The van der Waals surface area contributed by atoms with Crippen LogP contribution in [0.15, 0.2) is 12.2 Å². The van der Waals surface area contributed by atoms with E-state index in [-0.39, 0.29) is 0 Å². The molecule has 0 saturated heterocycles. The number of carboxylic acids is 1. The lowest BCUT2D eigenvalue weighted by atomic mass is 10.1. The number of carboxylic acid groups (broad SMARTS) is 1. The van der Waals surface area contributed by atoms with E-state index < -0.39 is 18.4 Å². The number of allylic oxidation sites excluding steroid dienone is 2. The summed E-state index contributed by atoms with van der Waals surface area (Å²) < 4.78 is 4.84. The van der Waals surface area contributed by atoms with Gasteiger partial charge in [0.15, 0.2) is 0 Å². The average Bonchev–Trinajstić information content (AvgIpc) is 2.57. The van der Waals surface area contributed by atoms with E-state index in [9.17, 15) is 9.59 Å². The molecular weight excluding hydrogens is 316 g/mol. The van der Waals surface area contributed by atoms with Gasteiger partial charge in [0.25, 0.3) is 0 Å². The maximum absolute atomic E-state index is 11.0. The van der Waals surface area contributed by atoms with Crippen LogP contribution in [-0.4, -0.2) is 23.7 Å². The molecule has 0 aromatic carbocycles.